The van der Waals surface area contributed by atoms with Gasteiger partial charge in [-0.1, -0.05) is 37.3 Å². The van der Waals surface area contributed by atoms with Gasteiger partial charge in [0.05, 0.1) is 6.54 Å². The molecule has 0 aliphatic rings. The Morgan fingerprint density at radius 2 is 1.74 bits per heavy atom. The fourth-order valence-electron chi connectivity index (χ4n) is 2.55. The Bertz CT molecular complexity index is 614. The van der Waals surface area contributed by atoms with Crippen LogP contribution in [0.5, 0.6) is 0 Å². The first-order chi connectivity index (χ1) is 11.0. The molecule has 23 heavy (non-hydrogen) atoms. The summed E-state index contributed by atoms with van der Waals surface area (Å²) in [5.74, 6) is 1.57. The normalized spacial score (nSPS) is 12.4. The fraction of sp³-hybridized carbons (Fsp3) is 0.471. The standard InChI is InChI=1S/C17H26N6/c1-5-14(11-13-9-7-6-8-10-13)23(4)12-15-19-16(18)21-17(20-15)22(2)3/h6-10,14H,5,11-12H2,1-4H3,(H2,18,19,20,21)/t14-/m1/s1. The first-order valence-corrected chi connectivity index (χ1v) is 7.91. The number of benzene rings is 1. The van der Waals surface area contributed by atoms with Gasteiger partial charge in [-0.15, -0.1) is 0 Å². The summed E-state index contributed by atoms with van der Waals surface area (Å²) in [6, 6.07) is 11.0. The molecule has 124 valence electrons. The van der Waals surface area contributed by atoms with Gasteiger partial charge in [0, 0.05) is 20.1 Å². The van der Waals surface area contributed by atoms with Crippen LogP contribution in [0.3, 0.4) is 0 Å². The van der Waals surface area contributed by atoms with Gasteiger partial charge in [0.2, 0.25) is 11.9 Å². The first kappa shape index (κ1) is 17.1. The van der Waals surface area contributed by atoms with Gasteiger partial charge >= 0.3 is 0 Å². The molecule has 0 aliphatic carbocycles. The Morgan fingerprint density at radius 1 is 1.04 bits per heavy atom. The zero-order chi connectivity index (χ0) is 16.8. The van der Waals surface area contributed by atoms with E-state index in [-0.39, 0.29) is 5.95 Å². The van der Waals surface area contributed by atoms with Crippen molar-refractivity contribution in [2.75, 3.05) is 31.8 Å². The lowest BCUT2D eigenvalue weighted by atomic mass is 10.0. The smallest absolute Gasteiger partial charge is 0.229 e. The molecule has 0 bridgehead atoms. The number of nitrogens with two attached hydrogens (primary N) is 1. The topological polar surface area (TPSA) is 71.2 Å². The SMILES string of the molecule is CC[C@H](Cc1ccccc1)N(C)Cc1nc(N)nc(N(C)C)n1. The summed E-state index contributed by atoms with van der Waals surface area (Å²) in [6.07, 6.45) is 2.07. The van der Waals surface area contributed by atoms with E-state index in [1.807, 2.05) is 25.1 Å². The molecule has 0 aliphatic heterocycles. The summed E-state index contributed by atoms with van der Waals surface area (Å²) < 4.78 is 0. The minimum absolute atomic E-state index is 0.267. The number of likely N-dealkylation sites (N-methyl/N-ethyl adjacent to an activating group) is 1. The molecule has 0 spiro atoms. The van der Waals surface area contributed by atoms with Crippen LogP contribution >= 0.6 is 0 Å². The number of aromatic nitrogens is 3. The van der Waals surface area contributed by atoms with Crippen LogP contribution in [0.1, 0.15) is 24.7 Å². The molecule has 0 unspecified atom stereocenters. The van der Waals surface area contributed by atoms with Gasteiger partial charge in [-0.3, -0.25) is 4.90 Å². The number of nitrogen functional groups attached to an aromatic ring is 1. The predicted octanol–water partition coefficient (Wildman–Crippen LogP) is 1.97. The fourth-order valence-corrected chi connectivity index (χ4v) is 2.55. The molecule has 0 radical (unpaired) electrons. The molecule has 1 aromatic heterocycles. The molecule has 0 saturated carbocycles. The third-order valence-electron chi connectivity index (χ3n) is 3.89. The zero-order valence-corrected chi connectivity index (χ0v) is 14.4. The van der Waals surface area contributed by atoms with E-state index >= 15 is 0 Å². The van der Waals surface area contributed by atoms with Gasteiger partial charge in [0.15, 0.2) is 0 Å². The largest absolute Gasteiger partial charge is 0.368 e. The molecule has 1 atom stereocenters. The molecule has 0 fully saturated rings. The van der Waals surface area contributed by atoms with Crippen molar-refractivity contribution in [3.8, 4) is 0 Å². The van der Waals surface area contributed by atoms with E-state index in [1.165, 1.54) is 5.56 Å². The molecule has 2 N–H and O–H groups in total. The minimum atomic E-state index is 0.267. The number of nitrogens with zero attached hydrogens (tertiary/aromatic N) is 5. The highest BCUT2D eigenvalue weighted by Crippen LogP contribution is 2.14. The summed E-state index contributed by atoms with van der Waals surface area (Å²) in [5, 5.41) is 0. The quantitative estimate of drug-likeness (QED) is 0.842. The van der Waals surface area contributed by atoms with Crippen molar-refractivity contribution >= 4 is 11.9 Å². The monoisotopic (exact) mass is 314 g/mol. The van der Waals surface area contributed by atoms with E-state index in [1.54, 1.807) is 0 Å². The number of hydrogen-bond acceptors (Lipinski definition) is 6. The lowest BCUT2D eigenvalue weighted by Gasteiger charge is -2.27. The highest BCUT2D eigenvalue weighted by atomic mass is 15.3. The lowest BCUT2D eigenvalue weighted by molar-refractivity contribution is 0.220. The Balaban J connectivity index is 2.08. The molecule has 0 amide bonds. The van der Waals surface area contributed by atoms with Crippen LogP contribution in [-0.2, 0) is 13.0 Å². The second kappa shape index (κ2) is 7.87. The molecule has 2 rings (SSSR count). The molecular weight excluding hydrogens is 288 g/mol. The molecule has 2 aromatic rings. The van der Waals surface area contributed by atoms with Gasteiger partial charge < -0.3 is 10.6 Å². The van der Waals surface area contributed by atoms with Crippen molar-refractivity contribution in [2.45, 2.75) is 32.4 Å². The maximum Gasteiger partial charge on any atom is 0.229 e. The summed E-state index contributed by atoms with van der Waals surface area (Å²) in [5.41, 5.74) is 7.14. The molecule has 6 heteroatoms. The number of anilines is 2. The lowest BCUT2D eigenvalue weighted by Crippen LogP contribution is -2.33. The van der Waals surface area contributed by atoms with Gasteiger partial charge in [0.1, 0.15) is 5.82 Å². The molecule has 0 saturated heterocycles. The summed E-state index contributed by atoms with van der Waals surface area (Å²) >= 11 is 0. The second-order valence-electron chi connectivity index (χ2n) is 5.97. The van der Waals surface area contributed by atoms with Crippen LogP contribution in [0.2, 0.25) is 0 Å². The van der Waals surface area contributed by atoms with Crippen molar-refractivity contribution in [2.24, 2.45) is 0 Å². The highest BCUT2D eigenvalue weighted by molar-refractivity contribution is 5.32. The van der Waals surface area contributed by atoms with E-state index in [4.69, 9.17) is 5.73 Å². The Morgan fingerprint density at radius 3 is 2.35 bits per heavy atom. The van der Waals surface area contributed by atoms with Crippen LogP contribution in [-0.4, -0.2) is 47.0 Å². The van der Waals surface area contributed by atoms with Gasteiger partial charge in [-0.2, -0.15) is 15.0 Å². The van der Waals surface area contributed by atoms with Crippen molar-refractivity contribution < 1.29 is 0 Å². The Kier molecular flexibility index (Phi) is 5.87. The average molecular weight is 314 g/mol. The van der Waals surface area contributed by atoms with Crippen molar-refractivity contribution in [3.05, 3.63) is 41.7 Å². The van der Waals surface area contributed by atoms with Crippen molar-refractivity contribution in [3.63, 3.8) is 0 Å². The molecule has 6 nitrogen and oxygen atoms in total. The third kappa shape index (κ3) is 4.89. The van der Waals surface area contributed by atoms with E-state index in [2.05, 4.69) is 58.1 Å². The molecule has 1 aromatic carbocycles. The maximum atomic E-state index is 5.80. The third-order valence-corrected chi connectivity index (χ3v) is 3.89. The van der Waals surface area contributed by atoms with Gasteiger partial charge in [0.25, 0.3) is 0 Å². The van der Waals surface area contributed by atoms with E-state index < -0.39 is 0 Å². The Hall–Kier alpha value is -2.21. The molecular formula is C17H26N6. The van der Waals surface area contributed by atoms with Crippen LogP contribution in [0.15, 0.2) is 30.3 Å². The first-order valence-electron chi connectivity index (χ1n) is 7.91. The van der Waals surface area contributed by atoms with E-state index in [9.17, 15) is 0 Å². The van der Waals surface area contributed by atoms with Crippen LogP contribution < -0.4 is 10.6 Å². The van der Waals surface area contributed by atoms with Crippen LogP contribution in [0.25, 0.3) is 0 Å². The van der Waals surface area contributed by atoms with Gasteiger partial charge in [-0.25, -0.2) is 0 Å². The summed E-state index contributed by atoms with van der Waals surface area (Å²) in [6.45, 7) is 2.86. The van der Waals surface area contributed by atoms with Crippen molar-refractivity contribution in [1.82, 2.24) is 19.9 Å². The van der Waals surface area contributed by atoms with Crippen LogP contribution in [0.4, 0.5) is 11.9 Å². The summed E-state index contributed by atoms with van der Waals surface area (Å²) in [7, 11) is 5.89. The average Bonchev–Trinajstić information content (AvgIpc) is 2.52. The van der Waals surface area contributed by atoms with E-state index in [0.29, 0.717) is 24.4 Å². The predicted molar refractivity (Wildman–Crippen MR) is 94.3 cm³/mol. The minimum Gasteiger partial charge on any atom is -0.368 e. The zero-order valence-electron chi connectivity index (χ0n) is 14.4. The molecule has 1 heterocycles. The number of hydrogen-bond donors (Lipinski definition) is 1. The number of rotatable bonds is 7. The van der Waals surface area contributed by atoms with Crippen LogP contribution in [0, 0.1) is 0 Å². The van der Waals surface area contributed by atoms with E-state index in [0.717, 1.165) is 12.8 Å². The Labute approximate surface area is 138 Å². The van der Waals surface area contributed by atoms with Gasteiger partial charge in [-0.05, 0) is 25.5 Å². The maximum absolute atomic E-state index is 5.80. The highest BCUT2D eigenvalue weighted by Gasteiger charge is 2.16. The van der Waals surface area contributed by atoms with Crippen molar-refractivity contribution in [1.29, 1.82) is 0 Å². The second-order valence-corrected chi connectivity index (χ2v) is 5.97. The summed E-state index contributed by atoms with van der Waals surface area (Å²) in [4.78, 5) is 17.0.